The first-order valence-corrected chi connectivity index (χ1v) is 11.0. The molecule has 0 heterocycles. The minimum absolute atomic E-state index is 0.0700. The van der Waals surface area contributed by atoms with E-state index in [1.807, 2.05) is 12.1 Å². The van der Waals surface area contributed by atoms with E-state index < -0.39 is 9.84 Å². The summed E-state index contributed by atoms with van der Waals surface area (Å²) in [6, 6.07) is 14.0. The van der Waals surface area contributed by atoms with Gasteiger partial charge in [-0.15, -0.1) is 0 Å². The molecule has 0 aliphatic heterocycles. The number of sulfone groups is 1. The van der Waals surface area contributed by atoms with Gasteiger partial charge in [0.15, 0.2) is 9.84 Å². The fourth-order valence-electron chi connectivity index (χ4n) is 3.22. The molecule has 0 radical (unpaired) electrons. The lowest BCUT2D eigenvalue weighted by Gasteiger charge is -2.13. The third kappa shape index (κ3) is 5.23. The molecule has 5 nitrogen and oxygen atoms in total. The van der Waals surface area contributed by atoms with E-state index in [9.17, 15) is 13.2 Å². The van der Waals surface area contributed by atoms with Crippen molar-refractivity contribution in [1.29, 1.82) is 0 Å². The summed E-state index contributed by atoms with van der Waals surface area (Å²) in [7, 11) is -3.30. The quantitative estimate of drug-likeness (QED) is 0.733. The van der Waals surface area contributed by atoms with Gasteiger partial charge in [0.1, 0.15) is 0 Å². The van der Waals surface area contributed by atoms with Crippen LogP contribution in [0.1, 0.15) is 31.2 Å². The van der Waals surface area contributed by atoms with Crippen molar-refractivity contribution in [3.63, 3.8) is 0 Å². The van der Waals surface area contributed by atoms with Crippen LogP contribution in [0.25, 0.3) is 0 Å². The van der Waals surface area contributed by atoms with Crippen molar-refractivity contribution in [1.82, 2.24) is 5.32 Å². The molecule has 0 spiro atoms. The first-order valence-electron chi connectivity index (χ1n) is 9.04. The van der Waals surface area contributed by atoms with E-state index in [2.05, 4.69) is 10.6 Å². The van der Waals surface area contributed by atoms with Gasteiger partial charge in [0.25, 0.3) is 0 Å². The molecule has 144 valence electrons. The van der Waals surface area contributed by atoms with Crippen molar-refractivity contribution in [2.75, 3.05) is 11.9 Å². The van der Waals surface area contributed by atoms with E-state index in [0.717, 1.165) is 31.2 Å². The predicted octanol–water partition coefficient (Wildman–Crippen LogP) is 3.78. The van der Waals surface area contributed by atoms with Crippen LogP contribution in [-0.4, -0.2) is 26.1 Å². The molecule has 3 rings (SSSR count). The summed E-state index contributed by atoms with van der Waals surface area (Å²) in [6.45, 7) is 0.480. The average molecular weight is 407 g/mol. The van der Waals surface area contributed by atoms with Crippen molar-refractivity contribution in [2.24, 2.45) is 0 Å². The first-order chi connectivity index (χ1) is 12.9. The Kier molecular flexibility index (Phi) is 6.39. The van der Waals surface area contributed by atoms with Gasteiger partial charge in [0.2, 0.25) is 5.91 Å². The number of anilines is 1. The SMILES string of the molecule is O=C(CNc1cccc(S(=O)(=O)C2CCCC2)c1)NCc1ccc(Cl)cc1. The summed E-state index contributed by atoms with van der Waals surface area (Å²) in [5, 5.41) is 6.18. The molecule has 1 aliphatic carbocycles. The lowest BCUT2D eigenvalue weighted by atomic mass is 10.2. The second kappa shape index (κ2) is 8.76. The van der Waals surface area contributed by atoms with E-state index >= 15 is 0 Å². The maximum absolute atomic E-state index is 12.7. The fraction of sp³-hybridized carbons (Fsp3) is 0.350. The van der Waals surface area contributed by atoms with Crippen LogP contribution in [0.4, 0.5) is 5.69 Å². The zero-order chi connectivity index (χ0) is 19.3. The summed E-state index contributed by atoms with van der Waals surface area (Å²) in [4.78, 5) is 12.4. The van der Waals surface area contributed by atoms with Crippen LogP contribution in [0.2, 0.25) is 5.02 Å². The minimum atomic E-state index is -3.30. The molecule has 27 heavy (non-hydrogen) atoms. The molecule has 1 fully saturated rings. The number of halogens is 1. The summed E-state index contributed by atoms with van der Waals surface area (Å²) >= 11 is 5.84. The van der Waals surface area contributed by atoms with Crippen molar-refractivity contribution < 1.29 is 13.2 Å². The van der Waals surface area contributed by atoms with Crippen LogP contribution in [-0.2, 0) is 21.2 Å². The van der Waals surface area contributed by atoms with Gasteiger partial charge in [-0.2, -0.15) is 0 Å². The number of rotatable bonds is 7. The smallest absolute Gasteiger partial charge is 0.239 e. The Morgan fingerprint density at radius 1 is 1.07 bits per heavy atom. The van der Waals surface area contributed by atoms with Crippen molar-refractivity contribution in [3.05, 3.63) is 59.1 Å². The zero-order valence-corrected chi connectivity index (χ0v) is 16.5. The van der Waals surface area contributed by atoms with E-state index in [-0.39, 0.29) is 17.7 Å². The third-order valence-corrected chi connectivity index (χ3v) is 7.27. The number of carbonyl (C=O) groups is 1. The summed E-state index contributed by atoms with van der Waals surface area (Å²) in [5.74, 6) is -0.172. The monoisotopic (exact) mass is 406 g/mol. The van der Waals surface area contributed by atoms with Crippen LogP contribution < -0.4 is 10.6 Å². The largest absolute Gasteiger partial charge is 0.376 e. The number of nitrogens with one attached hydrogen (secondary N) is 2. The second-order valence-electron chi connectivity index (χ2n) is 6.74. The highest BCUT2D eigenvalue weighted by molar-refractivity contribution is 7.92. The Bertz CT molecular complexity index is 892. The molecule has 1 aliphatic rings. The first kappa shape index (κ1) is 19.7. The van der Waals surface area contributed by atoms with E-state index in [4.69, 9.17) is 11.6 Å². The molecular formula is C20H23ClN2O3S. The molecule has 2 aromatic rings. The molecule has 1 amide bonds. The van der Waals surface area contributed by atoms with Crippen LogP contribution in [0.3, 0.4) is 0 Å². The highest BCUT2D eigenvalue weighted by Crippen LogP contribution is 2.30. The van der Waals surface area contributed by atoms with Crippen LogP contribution in [0.5, 0.6) is 0 Å². The lowest BCUT2D eigenvalue weighted by molar-refractivity contribution is -0.119. The van der Waals surface area contributed by atoms with Crippen molar-refractivity contribution in [3.8, 4) is 0 Å². The predicted molar refractivity (Wildman–Crippen MR) is 108 cm³/mol. The standard InChI is InChI=1S/C20H23ClN2O3S/c21-16-10-8-15(9-11-16)13-23-20(24)14-22-17-4-3-7-19(12-17)27(25,26)18-5-1-2-6-18/h3-4,7-12,18,22H,1-2,5-6,13-14H2,(H,23,24). The maximum atomic E-state index is 12.7. The van der Waals surface area contributed by atoms with Gasteiger partial charge < -0.3 is 10.6 Å². The lowest BCUT2D eigenvalue weighted by Crippen LogP contribution is -2.29. The molecular weight excluding hydrogens is 384 g/mol. The molecule has 2 aromatic carbocycles. The van der Waals surface area contributed by atoms with Crippen LogP contribution in [0, 0.1) is 0 Å². The van der Waals surface area contributed by atoms with Gasteiger partial charge >= 0.3 is 0 Å². The van der Waals surface area contributed by atoms with E-state index in [1.54, 1.807) is 36.4 Å². The fourth-order valence-corrected chi connectivity index (χ4v) is 5.25. The van der Waals surface area contributed by atoms with Crippen LogP contribution in [0.15, 0.2) is 53.4 Å². The molecule has 0 atom stereocenters. The Morgan fingerprint density at radius 2 is 1.78 bits per heavy atom. The summed E-state index contributed by atoms with van der Waals surface area (Å²) in [5.41, 5.74) is 1.58. The second-order valence-corrected chi connectivity index (χ2v) is 9.40. The number of hydrogen-bond donors (Lipinski definition) is 2. The van der Waals surface area contributed by atoms with Gasteiger partial charge in [-0.1, -0.05) is 42.6 Å². The Balaban J connectivity index is 1.55. The number of benzene rings is 2. The maximum Gasteiger partial charge on any atom is 0.239 e. The molecule has 1 saturated carbocycles. The highest BCUT2D eigenvalue weighted by atomic mass is 35.5. The minimum Gasteiger partial charge on any atom is -0.376 e. The summed E-state index contributed by atoms with van der Waals surface area (Å²) in [6.07, 6.45) is 3.39. The van der Waals surface area contributed by atoms with Gasteiger partial charge in [0, 0.05) is 17.3 Å². The molecule has 2 N–H and O–H groups in total. The number of carbonyl (C=O) groups excluding carboxylic acids is 1. The number of hydrogen-bond acceptors (Lipinski definition) is 4. The normalized spacial score (nSPS) is 14.9. The zero-order valence-electron chi connectivity index (χ0n) is 14.9. The Morgan fingerprint density at radius 3 is 2.48 bits per heavy atom. The van der Waals surface area contributed by atoms with Gasteiger partial charge in [-0.3, -0.25) is 4.79 Å². The van der Waals surface area contributed by atoms with Crippen molar-refractivity contribution >= 4 is 33.0 Å². The average Bonchev–Trinajstić information content (AvgIpc) is 3.22. The molecule has 0 aromatic heterocycles. The topological polar surface area (TPSA) is 75.3 Å². The van der Waals surface area contributed by atoms with Crippen molar-refractivity contribution in [2.45, 2.75) is 42.4 Å². The van der Waals surface area contributed by atoms with Gasteiger partial charge in [-0.25, -0.2) is 8.42 Å². The molecule has 0 unspecified atom stereocenters. The molecule has 0 saturated heterocycles. The van der Waals surface area contributed by atoms with Gasteiger partial charge in [0.05, 0.1) is 16.7 Å². The third-order valence-electron chi connectivity index (χ3n) is 4.76. The Hall–Kier alpha value is -2.05. The molecule has 0 bridgehead atoms. The highest BCUT2D eigenvalue weighted by Gasteiger charge is 2.30. The molecule has 7 heteroatoms. The summed E-state index contributed by atoms with van der Waals surface area (Å²) < 4.78 is 25.4. The van der Waals surface area contributed by atoms with Crippen LogP contribution >= 0.6 is 11.6 Å². The Labute approximate surface area is 165 Å². The van der Waals surface area contributed by atoms with E-state index in [0.29, 0.717) is 22.2 Å². The van der Waals surface area contributed by atoms with Gasteiger partial charge in [-0.05, 0) is 48.7 Å². The van der Waals surface area contributed by atoms with E-state index in [1.165, 1.54) is 0 Å². The number of amides is 1.